The minimum Gasteiger partial charge on any atom is -0.176 e. The summed E-state index contributed by atoms with van der Waals surface area (Å²) in [6.45, 7) is 0. The van der Waals surface area contributed by atoms with Crippen molar-refractivity contribution in [1.82, 2.24) is 0 Å². The molecule has 0 heterocycles. The van der Waals surface area contributed by atoms with Crippen molar-refractivity contribution in [3.63, 3.8) is 0 Å². The van der Waals surface area contributed by atoms with E-state index in [4.69, 9.17) is 11.1 Å². The summed E-state index contributed by atoms with van der Waals surface area (Å²) in [5, 5.41) is 0. The second kappa shape index (κ2) is 1.98. The van der Waals surface area contributed by atoms with Gasteiger partial charge in [0.15, 0.2) is 0 Å². The molecule has 0 aromatic heterocycles. The second-order valence-corrected chi connectivity index (χ2v) is 3.43. The maximum atomic E-state index is 5.52. The zero-order valence-corrected chi connectivity index (χ0v) is 5.82. The van der Waals surface area contributed by atoms with Gasteiger partial charge in [0.1, 0.15) is 8.83 Å². The van der Waals surface area contributed by atoms with Crippen LogP contribution in [0.15, 0.2) is 0 Å². The Morgan fingerprint density at radius 3 is 2.50 bits per heavy atom. The molecule has 35 valence electrons. The Morgan fingerprint density at radius 2 is 2.33 bits per heavy atom. The van der Waals surface area contributed by atoms with Crippen molar-refractivity contribution in [3.05, 3.63) is 6.04 Å². The highest BCUT2D eigenvalue weighted by Crippen LogP contribution is 2.30. The van der Waals surface area contributed by atoms with Gasteiger partial charge in [-0.25, -0.2) is 0 Å². The molecular weight excluding hydrogens is 112 g/mol. The average molecular weight is 120 g/mol. The standard InChI is InChI=1S/C4H8ClSi/c5-6-3-4-1-2-4/h3-4H,1-2,6H2. The van der Waals surface area contributed by atoms with E-state index in [0.717, 1.165) is 5.92 Å². The van der Waals surface area contributed by atoms with Crippen molar-refractivity contribution >= 4 is 19.9 Å². The maximum absolute atomic E-state index is 5.52. The molecule has 0 aromatic carbocycles. The van der Waals surface area contributed by atoms with Crippen molar-refractivity contribution in [2.75, 3.05) is 0 Å². The molecule has 1 fully saturated rings. The quantitative estimate of drug-likeness (QED) is 0.374. The van der Waals surface area contributed by atoms with Gasteiger partial charge in [-0.1, -0.05) is 12.8 Å². The largest absolute Gasteiger partial charge is 0.176 e. The van der Waals surface area contributed by atoms with Crippen LogP contribution in [0.5, 0.6) is 0 Å². The molecule has 1 saturated carbocycles. The molecule has 1 rings (SSSR count). The molecule has 0 aromatic rings. The van der Waals surface area contributed by atoms with E-state index in [0.29, 0.717) is 0 Å². The number of hydrogen-bond donors (Lipinski definition) is 0. The summed E-state index contributed by atoms with van der Waals surface area (Å²) in [6, 6.07) is 2.31. The second-order valence-electron chi connectivity index (χ2n) is 1.73. The van der Waals surface area contributed by atoms with E-state index in [9.17, 15) is 0 Å². The van der Waals surface area contributed by atoms with Gasteiger partial charge in [-0.05, 0) is 12.0 Å². The predicted molar refractivity (Wildman–Crippen MR) is 31.4 cm³/mol. The summed E-state index contributed by atoms with van der Waals surface area (Å²) in [5.74, 6) is 0.953. The van der Waals surface area contributed by atoms with E-state index < -0.39 is 0 Å². The molecule has 0 N–H and O–H groups in total. The fourth-order valence-corrected chi connectivity index (χ4v) is 1.94. The number of halogens is 1. The lowest BCUT2D eigenvalue weighted by Gasteiger charge is -1.79. The van der Waals surface area contributed by atoms with Crippen molar-refractivity contribution in [2.45, 2.75) is 12.8 Å². The highest BCUT2D eigenvalue weighted by atomic mass is 35.6. The van der Waals surface area contributed by atoms with E-state index in [1.54, 1.807) is 0 Å². The molecule has 6 heavy (non-hydrogen) atoms. The fraction of sp³-hybridized carbons (Fsp3) is 0.750. The van der Waals surface area contributed by atoms with Gasteiger partial charge in [0.25, 0.3) is 0 Å². The van der Waals surface area contributed by atoms with Gasteiger partial charge in [-0.2, -0.15) is 11.1 Å². The third-order valence-corrected chi connectivity index (χ3v) is 2.42. The first-order valence-corrected chi connectivity index (χ1v) is 5.28. The molecule has 0 amide bonds. The van der Waals surface area contributed by atoms with Crippen LogP contribution in [-0.2, 0) is 0 Å². The first-order valence-electron chi connectivity index (χ1n) is 2.33. The first-order chi connectivity index (χ1) is 2.93. The lowest BCUT2D eigenvalue weighted by molar-refractivity contribution is 1.09. The van der Waals surface area contributed by atoms with E-state index in [1.165, 1.54) is 12.8 Å². The summed E-state index contributed by atoms with van der Waals surface area (Å²) in [7, 11) is -0.224. The van der Waals surface area contributed by atoms with Gasteiger partial charge in [0.2, 0.25) is 0 Å². The Labute approximate surface area is 45.4 Å². The van der Waals surface area contributed by atoms with Gasteiger partial charge in [-0.3, -0.25) is 0 Å². The van der Waals surface area contributed by atoms with Crippen LogP contribution in [0.3, 0.4) is 0 Å². The number of rotatable bonds is 2. The smallest absolute Gasteiger partial charge is 0.128 e. The van der Waals surface area contributed by atoms with Crippen LogP contribution in [0, 0.1) is 12.0 Å². The summed E-state index contributed by atoms with van der Waals surface area (Å²) in [6.07, 6.45) is 2.83. The SMILES string of the molecule is Cl[SiH2][CH]C1CC1. The minimum absolute atomic E-state index is 0.224. The first kappa shape index (κ1) is 4.66. The Morgan fingerprint density at radius 1 is 1.67 bits per heavy atom. The molecule has 1 aliphatic carbocycles. The average Bonchev–Trinajstić information content (AvgIpc) is 2.21. The molecule has 0 saturated heterocycles. The van der Waals surface area contributed by atoms with Crippen molar-refractivity contribution < 1.29 is 0 Å². The molecule has 0 atom stereocenters. The third kappa shape index (κ3) is 1.31. The predicted octanol–water partition coefficient (Wildman–Crippen LogP) is 0.881. The fourth-order valence-electron chi connectivity index (χ4n) is 0.458. The molecule has 0 spiro atoms. The number of hydrogen-bond acceptors (Lipinski definition) is 0. The lowest BCUT2D eigenvalue weighted by Crippen LogP contribution is -1.80. The Bertz CT molecular complexity index is 42.8. The van der Waals surface area contributed by atoms with Crippen LogP contribution >= 0.6 is 11.1 Å². The maximum Gasteiger partial charge on any atom is 0.128 e. The van der Waals surface area contributed by atoms with Crippen molar-refractivity contribution in [2.24, 2.45) is 5.92 Å². The molecule has 1 radical (unpaired) electrons. The molecule has 0 nitrogen and oxygen atoms in total. The monoisotopic (exact) mass is 119 g/mol. The summed E-state index contributed by atoms with van der Waals surface area (Å²) >= 11 is 5.52. The van der Waals surface area contributed by atoms with E-state index in [-0.39, 0.29) is 8.83 Å². The molecule has 0 bridgehead atoms. The molecule has 1 aliphatic rings. The normalized spacial score (nSPS) is 23.5. The Kier molecular flexibility index (Phi) is 1.54. The molecule has 0 unspecified atom stereocenters. The van der Waals surface area contributed by atoms with Crippen molar-refractivity contribution in [1.29, 1.82) is 0 Å². The Balaban J connectivity index is 1.88. The lowest BCUT2D eigenvalue weighted by atomic mass is 10.5. The third-order valence-electron chi connectivity index (χ3n) is 1.04. The van der Waals surface area contributed by atoms with Crippen LogP contribution < -0.4 is 0 Å². The van der Waals surface area contributed by atoms with Crippen molar-refractivity contribution in [3.8, 4) is 0 Å². The summed E-state index contributed by atoms with van der Waals surface area (Å²) < 4.78 is 0. The highest BCUT2D eigenvalue weighted by molar-refractivity contribution is 6.95. The van der Waals surface area contributed by atoms with E-state index >= 15 is 0 Å². The van der Waals surface area contributed by atoms with Gasteiger partial charge >= 0.3 is 0 Å². The topological polar surface area (TPSA) is 0 Å². The zero-order chi connectivity index (χ0) is 4.41. The summed E-state index contributed by atoms with van der Waals surface area (Å²) in [5.41, 5.74) is 0. The Hall–Kier alpha value is 0.507. The van der Waals surface area contributed by atoms with E-state index in [2.05, 4.69) is 6.04 Å². The van der Waals surface area contributed by atoms with Crippen LogP contribution in [0.25, 0.3) is 0 Å². The van der Waals surface area contributed by atoms with Crippen LogP contribution in [0.4, 0.5) is 0 Å². The molecular formula is C4H8ClSi. The van der Waals surface area contributed by atoms with Gasteiger partial charge in [-0.15, -0.1) is 0 Å². The van der Waals surface area contributed by atoms with Gasteiger partial charge in [0, 0.05) is 0 Å². The van der Waals surface area contributed by atoms with E-state index in [1.807, 2.05) is 0 Å². The van der Waals surface area contributed by atoms with Gasteiger partial charge in [0.05, 0.1) is 0 Å². The van der Waals surface area contributed by atoms with Crippen LogP contribution in [0.2, 0.25) is 0 Å². The molecule has 2 heteroatoms. The minimum atomic E-state index is -0.224. The highest BCUT2D eigenvalue weighted by Gasteiger charge is 2.19. The zero-order valence-electron chi connectivity index (χ0n) is 3.65. The van der Waals surface area contributed by atoms with Crippen LogP contribution in [-0.4, -0.2) is 8.83 Å². The summed E-state index contributed by atoms with van der Waals surface area (Å²) in [4.78, 5) is 0. The van der Waals surface area contributed by atoms with Gasteiger partial charge < -0.3 is 0 Å². The molecule has 0 aliphatic heterocycles. The van der Waals surface area contributed by atoms with Crippen LogP contribution in [0.1, 0.15) is 12.8 Å².